The van der Waals surface area contributed by atoms with Crippen molar-refractivity contribution in [3.63, 3.8) is 0 Å². The molecule has 0 aliphatic rings. The van der Waals surface area contributed by atoms with Crippen LogP contribution in [0.1, 0.15) is 27.2 Å². The molecule has 3 heteroatoms. The van der Waals surface area contributed by atoms with E-state index in [2.05, 4.69) is 13.8 Å². The van der Waals surface area contributed by atoms with E-state index in [1.54, 1.807) is 0 Å². The normalized spacial score (nSPS) is 15.7. The van der Waals surface area contributed by atoms with Gasteiger partial charge in [-0.05, 0) is 27.2 Å². The molecule has 0 spiro atoms. The van der Waals surface area contributed by atoms with E-state index in [1.807, 2.05) is 13.8 Å². The highest BCUT2D eigenvalue weighted by Crippen LogP contribution is 2.04. The average Bonchev–Trinajstić information content (AvgIpc) is 2.14. The minimum Gasteiger partial charge on any atom is -0.376 e. The van der Waals surface area contributed by atoms with Crippen LogP contribution in [-0.4, -0.2) is 32.2 Å². The van der Waals surface area contributed by atoms with E-state index in [1.165, 1.54) is 0 Å². The van der Waals surface area contributed by atoms with Gasteiger partial charge in [0.1, 0.15) is 0 Å². The predicted molar refractivity (Wildman–Crippen MR) is 52.4 cm³/mol. The van der Waals surface area contributed by atoms with Gasteiger partial charge in [0, 0.05) is 13.2 Å². The van der Waals surface area contributed by atoms with Gasteiger partial charge in [-0.1, -0.05) is 6.92 Å². The minimum atomic E-state index is -0.248. The highest BCUT2D eigenvalue weighted by atomic mass is 16.7. The van der Waals surface area contributed by atoms with Gasteiger partial charge in [0.15, 0.2) is 6.29 Å². The van der Waals surface area contributed by atoms with E-state index in [-0.39, 0.29) is 12.4 Å². The first kappa shape index (κ1) is 12.9. The summed E-state index contributed by atoms with van der Waals surface area (Å²) in [5.41, 5.74) is 0. The maximum absolute atomic E-state index is 5.57. The quantitative estimate of drug-likeness (QED) is 0.547. The molecule has 0 aromatic heterocycles. The topological polar surface area (TPSA) is 27.7 Å². The van der Waals surface area contributed by atoms with Gasteiger partial charge in [0.25, 0.3) is 0 Å². The van der Waals surface area contributed by atoms with Crippen molar-refractivity contribution in [2.45, 2.75) is 39.6 Å². The Kier molecular flexibility index (Phi) is 8.40. The van der Waals surface area contributed by atoms with Crippen molar-refractivity contribution < 1.29 is 14.2 Å². The first-order valence-electron chi connectivity index (χ1n) is 4.88. The molecule has 0 aromatic carbocycles. The zero-order valence-corrected chi connectivity index (χ0v) is 8.91. The monoisotopic (exact) mass is 189 g/mol. The molecule has 0 bridgehead atoms. The van der Waals surface area contributed by atoms with Gasteiger partial charge < -0.3 is 14.2 Å². The van der Waals surface area contributed by atoms with Gasteiger partial charge in [0.05, 0.1) is 12.7 Å². The molecular formula is C10H21O3. The number of rotatable bonds is 8. The highest BCUT2D eigenvalue weighted by molar-refractivity contribution is 4.49. The van der Waals surface area contributed by atoms with E-state index in [0.29, 0.717) is 19.8 Å². The second-order valence-electron chi connectivity index (χ2n) is 2.81. The Labute approximate surface area is 81.4 Å². The number of hydrogen-bond acceptors (Lipinski definition) is 3. The molecule has 0 rings (SSSR count). The van der Waals surface area contributed by atoms with E-state index >= 15 is 0 Å². The van der Waals surface area contributed by atoms with Crippen LogP contribution >= 0.6 is 0 Å². The Morgan fingerprint density at radius 3 is 2.46 bits per heavy atom. The van der Waals surface area contributed by atoms with Crippen LogP contribution in [0.4, 0.5) is 0 Å². The Balaban J connectivity index is 3.65. The van der Waals surface area contributed by atoms with E-state index in [0.717, 1.165) is 6.42 Å². The molecule has 1 radical (unpaired) electrons. The molecule has 2 atom stereocenters. The van der Waals surface area contributed by atoms with E-state index in [4.69, 9.17) is 14.2 Å². The van der Waals surface area contributed by atoms with Crippen molar-refractivity contribution >= 4 is 0 Å². The molecular weight excluding hydrogens is 168 g/mol. The Morgan fingerprint density at radius 2 is 2.00 bits per heavy atom. The molecule has 0 aromatic rings. The van der Waals surface area contributed by atoms with Crippen molar-refractivity contribution in [2.24, 2.45) is 0 Å². The van der Waals surface area contributed by atoms with E-state index in [9.17, 15) is 0 Å². The van der Waals surface area contributed by atoms with Crippen LogP contribution in [0.15, 0.2) is 0 Å². The average molecular weight is 189 g/mol. The lowest BCUT2D eigenvalue weighted by molar-refractivity contribution is -0.189. The Morgan fingerprint density at radius 1 is 1.31 bits per heavy atom. The summed E-state index contributed by atoms with van der Waals surface area (Å²) >= 11 is 0. The molecule has 0 heterocycles. The summed E-state index contributed by atoms with van der Waals surface area (Å²) in [4.78, 5) is 0. The van der Waals surface area contributed by atoms with Crippen LogP contribution in [0.3, 0.4) is 0 Å². The molecule has 0 aliphatic carbocycles. The lowest BCUT2D eigenvalue weighted by Crippen LogP contribution is -2.27. The minimum absolute atomic E-state index is 0.213. The molecule has 0 saturated carbocycles. The molecule has 0 N–H and O–H groups in total. The SMILES string of the molecule is [CH2]COCC(OCC)OC(C)CC. The van der Waals surface area contributed by atoms with Crippen molar-refractivity contribution in [1.82, 2.24) is 0 Å². The zero-order valence-electron chi connectivity index (χ0n) is 8.91. The number of ether oxygens (including phenoxy) is 3. The molecule has 0 amide bonds. The number of hydrogen-bond donors (Lipinski definition) is 0. The summed E-state index contributed by atoms with van der Waals surface area (Å²) in [5.74, 6) is 0. The van der Waals surface area contributed by atoms with Crippen LogP contribution in [0.25, 0.3) is 0 Å². The first-order valence-corrected chi connectivity index (χ1v) is 4.88. The summed E-state index contributed by atoms with van der Waals surface area (Å²) < 4.78 is 16.0. The molecule has 3 nitrogen and oxygen atoms in total. The third-order valence-electron chi connectivity index (χ3n) is 1.71. The third kappa shape index (κ3) is 6.99. The molecule has 79 valence electrons. The lowest BCUT2D eigenvalue weighted by atomic mass is 10.3. The lowest BCUT2D eigenvalue weighted by Gasteiger charge is -2.21. The Hall–Kier alpha value is -0.120. The van der Waals surface area contributed by atoms with E-state index < -0.39 is 0 Å². The summed E-state index contributed by atoms with van der Waals surface area (Å²) in [6.07, 6.45) is 0.945. The first-order chi connectivity index (χ1) is 6.24. The molecule has 13 heavy (non-hydrogen) atoms. The zero-order chi connectivity index (χ0) is 10.1. The van der Waals surface area contributed by atoms with Gasteiger partial charge in [-0.2, -0.15) is 0 Å². The fourth-order valence-corrected chi connectivity index (χ4v) is 0.847. The van der Waals surface area contributed by atoms with Gasteiger partial charge >= 0.3 is 0 Å². The Bertz CT molecular complexity index is 106. The largest absolute Gasteiger partial charge is 0.376 e. The van der Waals surface area contributed by atoms with Crippen molar-refractivity contribution in [3.05, 3.63) is 6.92 Å². The van der Waals surface area contributed by atoms with Gasteiger partial charge in [-0.25, -0.2) is 0 Å². The molecule has 0 aliphatic heterocycles. The summed E-state index contributed by atoms with van der Waals surface area (Å²) in [6, 6.07) is 0. The molecule has 2 unspecified atom stereocenters. The summed E-state index contributed by atoms with van der Waals surface area (Å²) in [5, 5.41) is 0. The fourth-order valence-electron chi connectivity index (χ4n) is 0.847. The van der Waals surface area contributed by atoms with Gasteiger partial charge in [-0.3, -0.25) is 0 Å². The van der Waals surface area contributed by atoms with Crippen LogP contribution in [0.2, 0.25) is 0 Å². The van der Waals surface area contributed by atoms with Gasteiger partial charge in [-0.15, -0.1) is 0 Å². The summed E-state index contributed by atoms with van der Waals surface area (Å²) in [6.45, 7) is 11.2. The molecule has 0 fully saturated rings. The van der Waals surface area contributed by atoms with Crippen molar-refractivity contribution in [2.75, 3.05) is 19.8 Å². The second-order valence-corrected chi connectivity index (χ2v) is 2.81. The highest BCUT2D eigenvalue weighted by Gasteiger charge is 2.11. The van der Waals surface area contributed by atoms with Crippen LogP contribution in [0, 0.1) is 6.92 Å². The van der Waals surface area contributed by atoms with Crippen LogP contribution in [-0.2, 0) is 14.2 Å². The predicted octanol–water partition coefficient (Wildman–Crippen LogP) is 2.01. The third-order valence-corrected chi connectivity index (χ3v) is 1.71. The maximum atomic E-state index is 5.57. The maximum Gasteiger partial charge on any atom is 0.181 e. The standard InChI is InChI=1S/C10H21O3/c1-5-9(4)13-10(12-7-3)8-11-6-2/h9-10H,2,5-8H2,1,3-4H3. The van der Waals surface area contributed by atoms with Crippen molar-refractivity contribution in [3.8, 4) is 0 Å². The van der Waals surface area contributed by atoms with Crippen LogP contribution in [0.5, 0.6) is 0 Å². The van der Waals surface area contributed by atoms with Crippen molar-refractivity contribution in [1.29, 1.82) is 0 Å². The second kappa shape index (κ2) is 8.48. The smallest absolute Gasteiger partial charge is 0.181 e. The fraction of sp³-hybridized carbons (Fsp3) is 0.900. The van der Waals surface area contributed by atoms with Crippen LogP contribution < -0.4 is 0 Å². The van der Waals surface area contributed by atoms with Gasteiger partial charge in [0.2, 0.25) is 0 Å². The summed E-state index contributed by atoms with van der Waals surface area (Å²) in [7, 11) is 0. The molecule has 0 saturated heterocycles.